The number of nitrogens with one attached hydrogen (secondary N) is 1. The molecule has 0 saturated carbocycles. The molecule has 0 radical (unpaired) electrons. The van der Waals surface area contributed by atoms with Gasteiger partial charge < -0.3 is 10.1 Å². The minimum atomic E-state index is 0.851. The summed E-state index contributed by atoms with van der Waals surface area (Å²) in [6.07, 6.45) is 3.09. The summed E-state index contributed by atoms with van der Waals surface area (Å²) in [5.41, 5.74) is 1.27. The molecule has 1 aromatic rings. The molecule has 94 valence electrons. The first-order valence-electron chi connectivity index (χ1n) is 6.37. The Balaban J connectivity index is 1.84. The largest absolute Gasteiger partial charge is 0.379 e. The monoisotopic (exact) mass is 235 g/mol. The molecule has 1 fully saturated rings. The van der Waals surface area contributed by atoms with Gasteiger partial charge in [0.1, 0.15) is 5.82 Å². The maximum Gasteiger partial charge on any atom is 0.125 e. The van der Waals surface area contributed by atoms with Crippen molar-refractivity contribution in [2.75, 3.05) is 38.2 Å². The summed E-state index contributed by atoms with van der Waals surface area (Å²) in [5, 5.41) is 3.28. The minimum absolute atomic E-state index is 0.851. The molecule has 2 rings (SSSR count). The van der Waals surface area contributed by atoms with Crippen LogP contribution in [0.4, 0.5) is 5.82 Å². The van der Waals surface area contributed by atoms with Crippen LogP contribution in [0.5, 0.6) is 0 Å². The molecule has 1 aromatic heterocycles. The number of anilines is 1. The van der Waals surface area contributed by atoms with E-state index in [4.69, 9.17) is 4.74 Å². The van der Waals surface area contributed by atoms with E-state index < -0.39 is 0 Å². The highest BCUT2D eigenvalue weighted by molar-refractivity contribution is 5.35. The number of hydrogen-bond acceptors (Lipinski definition) is 4. The van der Waals surface area contributed by atoms with Gasteiger partial charge in [0, 0.05) is 32.4 Å². The minimum Gasteiger partial charge on any atom is -0.379 e. The standard InChI is InChI=1S/C13H21N3O/c1-2-5-14-13-4-3-12(10-15-13)11-16-6-8-17-9-7-16/h3-4,10H,2,5-9,11H2,1H3,(H,14,15). The highest BCUT2D eigenvalue weighted by atomic mass is 16.5. The van der Waals surface area contributed by atoms with E-state index in [0.717, 1.165) is 51.6 Å². The smallest absolute Gasteiger partial charge is 0.125 e. The fourth-order valence-electron chi connectivity index (χ4n) is 1.89. The molecule has 0 unspecified atom stereocenters. The maximum absolute atomic E-state index is 5.33. The summed E-state index contributed by atoms with van der Waals surface area (Å²) in [5.74, 6) is 0.970. The van der Waals surface area contributed by atoms with Crippen LogP contribution in [0.3, 0.4) is 0 Å². The van der Waals surface area contributed by atoms with Crippen LogP contribution in [0.15, 0.2) is 18.3 Å². The van der Waals surface area contributed by atoms with Crippen molar-refractivity contribution in [1.29, 1.82) is 0 Å². The fourth-order valence-corrected chi connectivity index (χ4v) is 1.89. The first kappa shape index (κ1) is 12.3. The van der Waals surface area contributed by atoms with Crippen LogP contribution in [0.1, 0.15) is 18.9 Å². The summed E-state index contributed by atoms with van der Waals surface area (Å²) >= 11 is 0. The van der Waals surface area contributed by atoms with Gasteiger partial charge in [-0.1, -0.05) is 13.0 Å². The van der Waals surface area contributed by atoms with Crippen LogP contribution >= 0.6 is 0 Å². The molecule has 4 heteroatoms. The van der Waals surface area contributed by atoms with Crippen LogP contribution in [0.2, 0.25) is 0 Å². The Hall–Kier alpha value is -1.13. The predicted molar refractivity (Wildman–Crippen MR) is 69.1 cm³/mol. The lowest BCUT2D eigenvalue weighted by Gasteiger charge is -2.26. The molecule has 0 bridgehead atoms. The molecule has 0 atom stereocenters. The van der Waals surface area contributed by atoms with Gasteiger partial charge in [0.25, 0.3) is 0 Å². The van der Waals surface area contributed by atoms with E-state index in [-0.39, 0.29) is 0 Å². The third kappa shape index (κ3) is 3.98. The fraction of sp³-hybridized carbons (Fsp3) is 0.615. The highest BCUT2D eigenvalue weighted by Crippen LogP contribution is 2.09. The molecule has 0 amide bonds. The summed E-state index contributed by atoms with van der Waals surface area (Å²) in [7, 11) is 0. The van der Waals surface area contributed by atoms with Crippen molar-refractivity contribution in [3.05, 3.63) is 23.9 Å². The topological polar surface area (TPSA) is 37.4 Å². The van der Waals surface area contributed by atoms with Gasteiger partial charge in [0.05, 0.1) is 13.2 Å². The second-order valence-electron chi connectivity index (χ2n) is 4.37. The zero-order valence-corrected chi connectivity index (χ0v) is 10.5. The van der Waals surface area contributed by atoms with E-state index in [0.29, 0.717) is 0 Å². The number of aromatic nitrogens is 1. The zero-order valence-electron chi connectivity index (χ0n) is 10.5. The molecular formula is C13H21N3O. The van der Waals surface area contributed by atoms with E-state index in [2.05, 4.69) is 34.3 Å². The molecule has 0 aliphatic carbocycles. The lowest BCUT2D eigenvalue weighted by atomic mass is 10.2. The second-order valence-corrected chi connectivity index (χ2v) is 4.37. The predicted octanol–water partition coefficient (Wildman–Crippen LogP) is 1.74. The van der Waals surface area contributed by atoms with Crippen molar-refractivity contribution < 1.29 is 4.74 Å². The van der Waals surface area contributed by atoms with Gasteiger partial charge >= 0.3 is 0 Å². The molecule has 1 aliphatic heterocycles. The average molecular weight is 235 g/mol. The lowest BCUT2D eigenvalue weighted by Crippen LogP contribution is -2.35. The zero-order chi connectivity index (χ0) is 11.9. The molecule has 4 nitrogen and oxygen atoms in total. The van der Waals surface area contributed by atoms with Crippen molar-refractivity contribution in [1.82, 2.24) is 9.88 Å². The molecular weight excluding hydrogens is 214 g/mol. The Morgan fingerprint density at radius 1 is 1.35 bits per heavy atom. The van der Waals surface area contributed by atoms with E-state index in [9.17, 15) is 0 Å². The van der Waals surface area contributed by atoms with Crippen molar-refractivity contribution in [2.45, 2.75) is 19.9 Å². The number of hydrogen-bond donors (Lipinski definition) is 1. The SMILES string of the molecule is CCCNc1ccc(CN2CCOCC2)cn1. The third-order valence-electron chi connectivity index (χ3n) is 2.89. The lowest BCUT2D eigenvalue weighted by molar-refractivity contribution is 0.0341. The second kappa shape index (κ2) is 6.57. The van der Waals surface area contributed by atoms with Gasteiger partial charge in [-0.3, -0.25) is 4.90 Å². The Morgan fingerprint density at radius 3 is 2.82 bits per heavy atom. The summed E-state index contributed by atoms with van der Waals surface area (Å²) < 4.78 is 5.33. The number of nitrogens with zero attached hydrogens (tertiary/aromatic N) is 2. The first-order valence-corrected chi connectivity index (χ1v) is 6.37. The van der Waals surface area contributed by atoms with Crippen molar-refractivity contribution >= 4 is 5.82 Å². The maximum atomic E-state index is 5.33. The average Bonchev–Trinajstić information content (AvgIpc) is 2.39. The molecule has 0 aromatic carbocycles. The summed E-state index contributed by atoms with van der Waals surface area (Å²) in [6, 6.07) is 4.21. The Labute approximate surface area is 103 Å². The van der Waals surface area contributed by atoms with Crippen molar-refractivity contribution in [3.8, 4) is 0 Å². The first-order chi connectivity index (χ1) is 8.38. The normalized spacial score (nSPS) is 17.0. The van der Waals surface area contributed by atoms with Crippen LogP contribution in [-0.4, -0.2) is 42.7 Å². The van der Waals surface area contributed by atoms with Crippen molar-refractivity contribution in [3.63, 3.8) is 0 Å². The quantitative estimate of drug-likeness (QED) is 0.843. The van der Waals surface area contributed by atoms with Gasteiger partial charge in [0.15, 0.2) is 0 Å². The van der Waals surface area contributed by atoms with Gasteiger partial charge in [0.2, 0.25) is 0 Å². The van der Waals surface area contributed by atoms with Crippen LogP contribution in [0.25, 0.3) is 0 Å². The summed E-state index contributed by atoms with van der Waals surface area (Å²) in [4.78, 5) is 6.82. The van der Waals surface area contributed by atoms with Crippen LogP contribution in [0, 0.1) is 0 Å². The molecule has 17 heavy (non-hydrogen) atoms. The Kier molecular flexibility index (Phi) is 4.76. The van der Waals surface area contributed by atoms with Gasteiger partial charge in [-0.2, -0.15) is 0 Å². The molecule has 1 aliphatic rings. The Bertz CT molecular complexity index is 320. The molecule has 1 saturated heterocycles. The molecule has 0 spiro atoms. The molecule has 1 N–H and O–H groups in total. The molecule has 2 heterocycles. The van der Waals surface area contributed by atoms with Gasteiger partial charge in [-0.15, -0.1) is 0 Å². The van der Waals surface area contributed by atoms with Crippen molar-refractivity contribution in [2.24, 2.45) is 0 Å². The van der Waals surface area contributed by atoms with E-state index in [1.165, 1.54) is 5.56 Å². The van der Waals surface area contributed by atoms with Gasteiger partial charge in [-0.25, -0.2) is 4.98 Å². The number of rotatable bonds is 5. The highest BCUT2D eigenvalue weighted by Gasteiger charge is 2.10. The Morgan fingerprint density at radius 2 is 2.18 bits per heavy atom. The van der Waals surface area contributed by atoms with E-state index in [1.54, 1.807) is 0 Å². The van der Waals surface area contributed by atoms with E-state index >= 15 is 0 Å². The number of ether oxygens (including phenoxy) is 1. The number of pyridine rings is 1. The van der Waals surface area contributed by atoms with Crippen LogP contribution in [-0.2, 0) is 11.3 Å². The summed E-state index contributed by atoms with van der Waals surface area (Å²) in [6.45, 7) is 7.86. The van der Waals surface area contributed by atoms with Crippen LogP contribution < -0.4 is 5.32 Å². The third-order valence-corrected chi connectivity index (χ3v) is 2.89. The van der Waals surface area contributed by atoms with E-state index in [1.807, 2.05) is 6.20 Å². The van der Waals surface area contributed by atoms with Gasteiger partial charge in [-0.05, 0) is 18.1 Å². The number of morpholine rings is 1.